The first-order valence-corrected chi connectivity index (χ1v) is 11.5. The molecule has 0 amide bonds. The molecule has 0 radical (unpaired) electrons. The largest absolute Gasteiger partial charge is 0.134 e. The van der Waals surface area contributed by atoms with Crippen LogP contribution in [0.4, 0.5) is 0 Å². The molecule has 0 aromatic rings. The van der Waals surface area contributed by atoms with Crippen molar-refractivity contribution >= 4 is 15.1 Å². The highest BCUT2D eigenvalue weighted by molar-refractivity contribution is 6.47. The van der Waals surface area contributed by atoms with Crippen LogP contribution in [0.25, 0.3) is 0 Å². The van der Waals surface area contributed by atoms with Crippen LogP contribution in [0.2, 0.25) is 15.9 Å². The summed E-state index contributed by atoms with van der Waals surface area (Å²) in [5, 5.41) is 1.82. The van der Waals surface area contributed by atoms with E-state index in [1.54, 1.807) is 0 Å². The summed E-state index contributed by atoms with van der Waals surface area (Å²) in [5.74, 6) is 0. The predicted molar refractivity (Wildman–Crippen MR) is 115 cm³/mol. The number of hydrogen-bond acceptors (Lipinski definition) is 0. The molecule has 1 saturated carbocycles. The average Bonchev–Trinajstić information content (AvgIpc) is 2.74. The van der Waals surface area contributed by atoms with Crippen molar-refractivity contribution in [2.75, 3.05) is 0 Å². The molecule has 0 bridgehead atoms. The van der Waals surface area contributed by atoms with Gasteiger partial charge in [-0.25, -0.2) is 0 Å². The maximum atomic E-state index is 2.72. The third-order valence-corrected chi connectivity index (χ3v) is 8.22. The Bertz CT molecular complexity index is 357. The molecule has 0 N–H and O–H groups in total. The van der Waals surface area contributed by atoms with Gasteiger partial charge in [-0.05, 0) is 0 Å². The fourth-order valence-corrected chi connectivity index (χ4v) is 6.64. The van der Waals surface area contributed by atoms with Crippen LogP contribution in [0, 0.1) is 0 Å². The third kappa shape index (κ3) is 4.85. The molecular formula is C22H44B2. The zero-order valence-electron chi connectivity index (χ0n) is 17.5. The van der Waals surface area contributed by atoms with Gasteiger partial charge in [-0.2, -0.15) is 0 Å². The van der Waals surface area contributed by atoms with Gasteiger partial charge in [-0.1, -0.05) is 139 Å². The molecule has 138 valence electrons. The van der Waals surface area contributed by atoms with Crippen molar-refractivity contribution in [3.8, 4) is 0 Å². The van der Waals surface area contributed by atoms with Gasteiger partial charge < -0.3 is 0 Å². The van der Waals surface area contributed by atoms with Crippen molar-refractivity contribution < 1.29 is 0 Å². The van der Waals surface area contributed by atoms with Gasteiger partial charge in [-0.15, -0.1) is 0 Å². The summed E-state index contributed by atoms with van der Waals surface area (Å²) < 4.78 is 0. The Morgan fingerprint density at radius 2 is 1.25 bits per heavy atom. The highest BCUT2D eigenvalue weighted by Crippen LogP contribution is 2.65. The highest BCUT2D eigenvalue weighted by Gasteiger charge is 2.50. The normalized spacial score (nSPS) is 35.6. The zero-order valence-corrected chi connectivity index (χ0v) is 17.5. The SMILES string of the molecule is BC1(C2(CC)BC(C)(CCC)CCCC2)CCCCCCCCC1. The lowest BCUT2D eigenvalue weighted by Crippen LogP contribution is -2.39. The Kier molecular flexibility index (Phi) is 7.82. The van der Waals surface area contributed by atoms with Crippen molar-refractivity contribution in [3.63, 3.8) is 0 Å². The van der Waals surface area contributed by atoms with Crippen LogP contribution in [0.15, 0.2) is 0 Å². The first-order chi connectivity index (χ1) is 11.5. The summed E-state index contributed by atoms with van der Waals surface area (Å²) in [6.07, 6.45) is 23.6. The quantitative estimate of drug-likeness (QED) is 0.494. The summed E-state index contributed by atoms with van der Waals surface area (Å²) in [6.45, 7) is 7.56. The molecule has 1 saturated heterocycles. The van der Waals surface area contributed by atoms with Crippen LogP contribution in [-0.2, 0) is 0 Å². The van der Waals surface area contributed by atoms with Gasteiger partial charge in [0.05, 0.1) is 0 Å². The van der Waals surface area contributed by atoms with E-state index >= 15 is 0 Å². The predicted octanol–water partition coefficient (Wildman–Crippen LogP) is 6.86. The lowest BCUT2D eigenvalue weighted by molar-refractivity contribution is 0.280. The van der Waals surface area contributed by atoms with Gasteiger partial charge in [0.25, 0.3) is 0 Å². The maximum Gasteiger partial charge on any atom is 0.134 e. The first kappa shape index (κ1) is 20.4. The van der Waals surface area contributed by atoms with Crippen LogP contribution in [0.1, 0.15) is 124 Å². The Balaban J connectivity index is 2.25. The molecule has 1 heterocycles. The molecule has 2 fully saturated rings. The molecule has 2 heteroatoms. The van der Waals surface area contributed by atoms with E-state index in [9.17, 15) is 0 Å². The second-order valence-corrected chi connectivity index (χ2v) is 10.1. The molecule has 2 unspecified atom stereocenters. The first-order valence-electron chi connectivity index (χ1n) is 11.5. The lowest BCUT2D eigenvalue weighted by atomic mass is 9.27. The number of rotatable bonds is 4. The summed E-state index contributed by atoms with van der Waals surface area (Å²) >= 11 is 0. The summed E-state index contributed by atoms with van der Waals surface area (Å²) in [6, 6.07) is 0. The molecule has 1 aliphatic heterocycles. The van der Waals surface area contributed by atoms with E-state index in [1.165, 1.54) is 110 Å². The Labute approximate surface area is 155 Å². The third-order valence-electron chi connectivity index (χ3n) is 8.22. The number of hydrogen-bond donors (Lipinski definition) is 0. The van der Waals surface area contributed by atoms with E-state index in [0.29, 0.717) is 15.9 Å². The molecule has 0 nitrogen and oxygen atoms in total. The topological polar surface area (TPSA) is 0 Å². The fourth-order valence-electron chi connectivity index (χ4n) is 6.64. The zero-order chi connectivity index (χ0) is 17.5. The van der Waals surface area contributed by atoms with Gasteiger partial charge >= 0.3 is 0 Å². The van der Waals surface area contributed by atoms with Crippen LogP contribution in [0.5, 0.6) is 0 Å². The van der Waals surface area contributed by atoms with E-state index in [0.717, 1.165) is 0 Å². The minimum atomic E-state index is 0.596. The molecule has 2 rings (SSSR count). The second-order valence-electron chi connectivity index (χ2n) is 10.1. The Hall–Kier alpha value is 0.130. The van der Waals surface area contributed by atoms with Crippen LogP contribution in [0.3, 0.4) is 0 Å². The second kappa shape index (κ2) is 9.18. The molecule has 0 spiro atoms. The van der Waals surface area contributed by atoms with Crippen molar-refractivity contribution in [1.29, 1.82) is 0 Å². The van der Waals surface area contributed by atoms with Crippen molar-refractivity contribution in [3.05, 3.63) is 0 Å². The van der Waals surface area contributed by atoms with E-state index in [2.05, 4.69) is 28.6 Å². The minimum Gasteiger partial charge on any atom is -0.0665 e. The van der Waals surface area contributed by atoms with Crippen molar-refractivity contribution in [2.24, 2.45) is 0 Å². The van der Waals surface area contributed by atoms with E-state index in [1.807, 2.05) is 0 Å². The lowest BCUT2D eigenvalue weighted by Gasteiger charge is -2.52. The minimum absolute atomic E-state index is 0.596. The maximum absolute atomic E-state index is 2.72. The van der Waals surface area contributed by atoms with Crippen LogP contribution >= 0.6 is 0 Å². The van der Waals surface area contributed by atoms with Crippen LogP contribution < -0.4 is 0 Å². The molecular weight excluding hydrogens is 286 g/mol. The van der Waals surface area contributed by atoms with E-state index in [-0.39, 0.29) is 0 Å². The fraction of sp³-hybridized carbons (Fsp3) is 1.00. The van der Waals surface area contributed by atoms with Crippen molar-refractivity contribution in [2.45, 2.75) is 139 Å². The van der Waals surface area contributed by atoms with E-state index < -0.39 is 0 Å². The molecule has 2 aliphatic rings. The summed E-state index contributed by atoms with van der Waals surface area (Å²) in [5.41, 5.74) is 0. The average molecular weight is 330 g/mol. The Morgan fingerprint density at radius 1 is 0.750 bits per heavy atom. The van der Waals surface area contributed by atoms with Crippen molar-refractivity contribution in [1.82, 2.24) is 0 Å². The van der Waals surface area contributed by atoms with Gasteiger partial charge in [-0.3, -0.25) is 0 Å². The van der Waals surface area contributed by atoms with Gasteiger partial charge in [0, 0.05) is 0 Å². The molecule has 24 heavy (non-hydrogen) atoms. The monoisotopic (exact) mass is 330 g/mol. The molecule has 0 aromatic heterocycles. The standard InChI is InChI=1S/C22H44B2/c1-4-15-20(3)16-13-14-19-22(5-2,24-20)21(23)17-11-9-7-6-8-10-12-18-21/h24H,4-19,23H2,1-3H3. The van der Waals surface area contributed by atoms with E-state index in [4.69, 9.17) is 0 Å². The van der Waals surface area contributed by atoms with Crippen LogP contribution in [-0.4, -0.2) is 15.1 Å². The summed E-state index contributed by atoms with van der Waals surface area (Å²) in [7, 11) is 4.23. The molecule has 0 aromatic carbocycles. The van der Waals surface area contributed by atoms with Gasteiger partial charge in [0.1, 0.15) is 15.1 Å². The highest BCUT2D eigenvalue weighted by atomic mass is 14.4. The molecule has 2 atom stereocenters. The molecule has 1 aliphatic carbocycles. The Morgan fingerprint density at radius 3 is 1.79 bits per heavy atom. The smallest absolute Gasteiger partial charge is 0.0665 e. The van der Waals surface area contributed by atoms with Gasteiger partial charge in [0.15, 0.2) is 0 Å². The summed E-state index contributed by atoms with van der Waals surface area (Å²) in [4.78, 5) is 0. The van der Waals surface area contributed by atoms with Gasteiger partial charge in [0.2, 0.25) is 0 Å².